The Morgan fingerprint density at radius 2 is 2.18 bits per heavy atom. The highest BCUT2D eigenvalue weighted by Crippen LogP contribution is 2.17. The van der Waals surface area contributed by atoms with Gasteiger partial charge in [-0.3, -0.25) is 4.99 Å². The van der Waals surface area contributed by atoms with Crippen molar-refractivity contribution < 1.29 is 5.11 Å². The van der Waals surface area contributed by atoms with E-state index in [4.69, 9.17) is 0 Å². The third-order valence-corrected chi connectivity index (χ3v) is 1.56. The van der Waals surface area contributed by atoms with Crippen LogP contribution >= 0.6 is 0 Å². The van der Waals surface area contributed by atoms with E-state index in [1.165, 1.54) is 0 Å². The molecular weight excluding hydrogens is 138 g/mol. The average molecular weight is 148 g/mol. The molecule has 0 aliphatic carbocycles. The summed E-state index contributed by atoms with van der Waals surface area (Å²) in [5.41, 5.74) is 1.89. The minimum Gasteiger partial charge on any atom is -0.864 e. The van der Waals surface area contributed by atoms with Gasteiger partial charge in [-0.1, -0.05) is 31.5 Å². The molecule has 0 amide bonds. The zero-order valence-electron chi connectivity index (χ0n) is 6.45. The standard InChI is InChI=1S/C9H11NO/c1-2-8-5-3-4-6-9(8)10-7-11/h3-7H,2H2,1H3,(H,10,11)/p-1. The summed E-state index contributed by atoms with van der Waals surface area (Å²) in [6.07, 6.45) is 1.49. The molecule has 0 N–H and O–H groups in total. The van der Waals surface area contributed by atoms with Crippen LogP contribution in [0.3, 0.4) is 0 Å². The number of hydrogen-bond acceptors (Lipinski definition) is 2. The van der Waals surface area contributed by atoms with Crippen LogP contribution in [0.4, 0.5) is 5.69 Å². The smallest absolute Gasteiger partial charge is 0.0646 e. The van der Waals surface area contributed by atoms with Crippen LogP contribution in [0.15, 0.2) is 29.3 Å². The highest BCUT2D eigenvalue weighted by Gasteiger charge is 1.93. The highest BCUT2D eigenvalue weighted by atomic mass is 16.3. The lowest BCUT2D eigenvalue weighted by molar-refractivity contribution is -0.200. The van der Waals surface area contributed by atoms with Crippen LogP contribution < -0.4 is 5.11 Å². The van der Waals surface area contributed by atoms with Crippen molar-refractivity contribution in [3.8, 4) is 0 Å². The molecule has 58 valence electrons. The first-order valence-corrected chi connectivity index (χ1v) is 3.61. The fraction of sp³-hybridized carbons (Fsp3) is 0.222. The number of aliphatic imine (C=N–C) groups is 1. The van der Waals surface area contributed by atoms with Gasteiger partial charge in [-0.2, -0.15) is 0 Å². The molecule has 1 aromatic carbocycles. The number of rotatable bonds is 2. The zero-order valence-corrected chi connectivity index (χ0v) is 6.45. The van der Waals surface area contributed by atoms with Gasteiger partial charge in [0.1, 0.15) is 0 Å². The molecule has 0 radical (unpaired) electrons. The maximum absolute atomic E-state index is 10.1. The van der Waals surface area contributed by atoms with E-state index in [9.17, 15) is 5.11 Å². The molecule has 1 rings (SSSR count). The van der Waals surface area contributed by atoms with Crippen LogP contribution in [-0.4, -0.2) is 6.40 Å². The van der Waals surface area contributed by atoms with Gasteiger partial charge < -0.3 is 5.11 Å². The third kappa shape index (κ3) is 1.80. The topological polar surface area (TPSA) is 35.4 Å². The van der Waals surface area contributed by atoms with Gasteiger partial charge in [-0.05, 0) is 18.1 Å². The van der Waals surface area contributed by atoms with Crippen molar-refractivity contribution in [2.24, 2.45) is 4.99 Å². The molecule has 11 heavy (non-hydrogen) atoms. The average Bonchev–Trinajstić information content (AvgIpc) is 2.06. The molecule has 0 aliphatic heterocycles. The van der Waals surface area contributed by atoms with Gasteiger partial charge in [-0.15, -0.1) is 0 Å². The Labute approximate surface area is 66.2 Å². The molecule has 0 fully saturated rings. The number of benzene rings is 1. The first kappa shape index (κ1) is 7.79. The molecule has 2 nitrogen and oxygen atoms in total. The van der Waals surface area contributed by atoms with E-state index < -0.39 is 0 Å². The Morgan fingerprint density at radius 1 is 1.45 bits per heavy atom. The zero-order chi connectivity index (χ0) is 8.10. The predicted molar refractivity (Wildman–Crippen MR) is 44.0 cm³/mol. The molecule has 1 aromatic rings. The van der Waals surface area contributed by atoms with Gasteiger partial charge in [0.15, 0.2) is 0 Å². The van der Waals surface area contributed by atoms with Crippen molar-refractivity contribution in [1.29, 1.82) is 0 Å². The van der Waals surface area contributed by atoms with Gasteiger partial charge >= 0.3 is 0 Å². The third-order valence-electron chi connectivity index (χ3n) is 1.56. The second-order valence-corrected chi connectivity index (χ2v) is 2.22. The van der Waals surface area contributed by atoms with Gasteiger partial charge in [0, 0.05) is 0 Å². The Balaban J connectivity index is 3.02. The second kappa shape index (κ2) is 3.76. The summed E-state index contributed by atoms with van der Waals surface area (Å²) in [7, 11) is 0. The molecule has 0 aromatic heterocycles. The van der Waals surface area contributed by atoms with Gasteiger partial charge in [0.25, 0.3) is 0 Å². The van der Waals surface area contributed by atoms with E-state index >= 15 is 0 Å². The number of hydrogen-bond donors (Lipinski definition) is 0. The Hall–Kier alpha value is -1.31. The van der Waals surface area contributed by atoms with Crippen molar-refractivity contribution in [3.63, 3.8) is 0 Å². The number of para-hydroxylation sites is 1. The summed E-state index contributed by atoms with van der Waals surface area (Å²) in [5.74, 6) is 0. The van der Waals surface area contributed by atoms with Crippen molar-refractivity contribution in [1.82, 2.24) is 0 Å². The molecule has 0 heterocycles. The van der Waals surface area contributed by atoms with E-state index in [0.717, 1.165) is 17.7 Å². The number of nitrogens with zero attached hydrogens (tertiary/aromatic N) is 1. The first-order valence-electron chi connectivity index (χ1n) is 3.61. The lowest BCUT2D eigenvalue weighted by atomic mass is 10.1. The predicted octanol–water partition coefficient (Wildman–Crippen LogP) is 1.27. The van der Waals surface area contributed by atoms with Crippen molar-refractivity contribution in [3.05, 3.63) is 29.8 Å². The van der Waals surface area contributed by atoms with Crippen LogP contribution in [0.1, 0.15) is 12.5 Å². The van der Waals surface area contributed by atoms with Crippen LogP contribution in [0.25, 0.3) is 0 Å². The van der Waals surface area contributed by atoms with E-state index in [-0.39, 0.29) is 0 Å². The lowest BCUT2D eigenvalue weighted by Gasteiger charge is -2.01. The van der Waals surface area contributed by atoms with E-state index in [0.29, 0.717) is 6.40 Å². The molecule has 0 unspecified atom stereocenters. The molecule has 0 saturated carbocycles. The van der Waals surface area contributed by atoms with Crippen molar-refractivity contribution in [2.75, 3.05) is 0 Å². The highest BCUT2D eigenvalue weighted by molar-refractivity contribution is 5.55. The quantitative estimate of drug-likeness (QED) is 0.459. The number of aryl methyl sites for hydroxylation is 1. The Morgan fingerprint density at radius 3 is 2.82 bits per heavy atom. The van der Waals surface area contributed by atoms with Crippen molar-refractivity contribution >= 4 is 12.1 Å². The fourth-order valence-electron chi connectivity index (χ4n) is 0.993. The maximum Gasteiger partial charge on any atom is 0.0646 e. The molecule has 0 spiro atoms. The Bertz CT molecular complexity index is 255. The molecule has 0 atom stereocenters. The summed E-state index contributed by atoms with van der Waals surface area (Å²) < 4.78 is 0. The van der Waals surface area contributed by atoms with Crippen LogP contribution in [0.5, 0.6) is 0 Å². The van der Waals surface area contributed by atoms with E-state index in [1.54, 1.807) is 0 Å². The minimum absolute atomic E-state index is 0.578. The molecule has 0 saturated heterocycles. The normalized spacial score (nSPS) is 10.6. The van der Waals surface area contributed by atoms with Gasteiger partial charge in [0.05, 0.1) is 5.69 Å². The van der Waals surface area contributed by atoms with E-state index in [2.05, 4.69) is 4.99 Å². The monoisotopic (exact) mass is 148 g/mol. The van der Waals surface area contributed by atoms with Crippen LogP contribution in [0.2, 0.25) is 0 Å². The molecule has 0 bridgehead atoms. The summed E-state index contributed by atoms with van der Waals surface area (Å²) in [5, 5.41) is 10.1. The van der Waals surface area contributed by atoms with Crippen LogP contribution in [0, 0.1) is 0 Å². The SMILES string of the molecule is CCc1ccccc1N=C[O-]. The summed E-state index contributed by atoms with van der Waals surface area (Å²) in [4.78, 5) is 3.70. The van der Waals surface area contributed by atoms with Crippen molar-refractivity contribution in [2.45, 2.75) is 13.3 Å². The molecular formula is C9H10NO-. The molecule has 0 aliphatic rings. The Kier molecular flexibility index (Phi) is 2.66. The van der Waals surface area contributed by atoms with Crippen LogP contribution in [-0.2, 0) is 6.42 Å². The molecule has 2 heteroatoms. The first-order chi connectivity index (χ1) is 5.38. The van der Waals surface area contributed by atoms with Gasteiger partial charge in [-0.25, -0.2) is 0 Å². The lowest BCUT2D eigenvalue weighted by Crippen LogP contribution is -1.95. The van der Waals surface area contributed by atoms with Gasteiger partial charge in [0.2, 0.25) is 0 Å². The largest absolute Gasteiger partial charge is 0.864 e. The minimum atomic E-state index is 0.578. The fourth-order valence-corrected chi connectivity index (χ4v) is 0.993. The summed E-state index contributed by atoms with van der Waals surface area (Å²) in [6.45, 7) is 2.04. The summed E-state index contributed by atoms with van der Waals surface area (Å²) >= 11 is 0. The van der Waals surface area contributed by atoms with E-state index in [1.807, 2.05) is 31.2 Å². The summed E-state index contributed by atoms with van der Waals surface area (Å²) in [6, 6.07) is 7.64. The second-order valence-electron chi connectivity index (χ2n) is 2.22. The maximum atomic E-state index is 10.1.